The first kappa shape index (κ1) is 12.6. The van der Waals surface area contributed by atoms with Gasteiger partial charge in [-0.05, 0) is 25.0 Å². The van der Waals surface area contributed by atoms with Crippen molar-refractivity contribution in [3.63, 3.8) is 0 Å². The van der Waals surface area contributed by atoms with E-state index in [0.717, 1.165) is 26.2 Å². The van der Waals surface area contributed by atoms with Gasteiger partial charge in [-0.25, -0.2) is 0 Å². The van der Waals surface area contributed by atoms with Crippen LogP contribution in [0.5, 0.6) is 0 Å². The molecular weight excluding hydrogens is 212 g/mol. The summed E-state index contributed by atoms with van der Waals surface area (Å²) in [6, 6.07) is 8.42. The number of hydrogen-bond donors (Lipinski definition) is 1. The monoisotopic (exact) mass is 234 g/mol. The second kappa shape index (κ2) is 5.17. The summed E-state index contributed by atoms with van der Waals surface area (Å²) < 4.78 is 5.72. The van der Waals surface area contributed by atoms with Crippen molar-refractivity contribution >= 4 is 0 Å². The van der Waals surface area contributed by atoms with Gasteiger partial charge in [0, 0.05) is 26.2 Å². The van der Waals surface area contributed by atoms with Gasteiger partial charge in [-0.1, -0.05) is 24.3 Å². The van der Waals surface area contributed by atoms with Gasteiger partial charge in [0.05, 0.1) is 12.2 Å². The van der Waals surface area contributed by atoms with Gasteiger partial charge in [-0.2, -0.15) is 0 Å². The lowest BCUT2D eigenvalue weighted by Gasteiger charge is -2.38. The highest BCUT2D eigenvalue weighted by atomic mass is 16.5. The Morgan fingerprint density at radius 2 is 2.00 bits per heavy atom. The molecule has 1 aliphatic rings. The van der Waals surface area contributed by atoms with Gasteiger partial charge in [0.25, 0.3) is 0 Å². The Bertz CT molecular complexity index is 376. The normalized spacial score (nSPS) is 20.4. The van der Waals surface area contributed by atoms with Crippen molar-refractivity contribution in [3.8, 4) is 0 Å². The number of nitrogens with zero attached hydrogens (tertiary/aromatic N) is 1. The van der Waals surface area contributed by atoms with Crippen LogP contribution >= 0.6 is 0 Å². The zero-order valence-corrected chi connectivity index (χ0v) is 10.8. The van der Waals surface area contributed by atoms with Gasteiger partial charge in [0.15, 0.2) is 0 Å². The van der Waals surface area contributed by atoms with Crippen molar-refractivity contribution in [2.45, 2.75) is 32.5 Å². The molecule has 0 aromatic heterocycles. The van der Waals surface area contributed by atoms with Crippen LogP contribution in [0.3, 0.4) is 0 Å². The summed E-state index contributed by atoms with van der Waals surface area (Å²) >= 11 is 0. The van der Waals surface area contributed by atoms with Crippen LogP contribution in [0, 0.1) is 0 Å². The topological polar surface area (TPSA) is 38.5 Å². The van der Waals surface area contributed by atoms with Crippen LogP contribution in [0.15, 0.2) is 24.3 Å². The zero-order chi connectivity index (χ0) is 12.3. The number of rotatable bonds is 3. The van der Waals surface area contributed by atoms with Gasteiger partial charge in [0.2, 0.25) is 0 Å². The van der Waals surface area contributed by atoms with Crippen LogP contribution in [-0.4, -0.2) is 30.2 Å². The predicted molar refractivity (Wildman–Crippen MR) is 69.6 cm³/mol. The van der Waals surface area contributed by atoms with E-state index in [0.29, 0.717) is 6.54 Å². The maximum atomic E-state index is 5.77. The van der Waals surface area contributed by atoms with E-state index in [1.807, 2.05) is 0 Å². The molecule has 1 aliphatic heterocycles. The van der Waals surface area contributed by atoms with Crippen LogP contribution in [0.4, 0.5) is 0 Å². The highest BCUT2D eigenvalue weighted by Crippen LogP contribution is 2.19. The molecule has 1 aromatic rings. The molecule has 0 saturated carbocycles. The molecule has 94 valence electrons. The Kier molecular flexibility index (Phi) is 3.82. The molecule has 17 heavy (non-hydrogen) atoms. The molecule has 0 aliphatic carbocycles. The molecule has 0 unspecified atom stereocenters. The summed E-state index contributed by atoms with van der Waals surface area (Å²) in [5.41, 5.74) is 8.32. The lowest BCUT2D eigenvalue weighted by Crippen LogP contribution is -2.47. The minimum absolute atomic E-state index is 0.0318. The predicted octanol–water partition coefficient (Wildman–Crippen LogP) is 1.76. The van der Waals surface area contributed by atoms with Gasteiger partial charge >= 0.3 is 0 Å². The second-order valence-electron chi connectivity index (χ2n) is 5.29. The van der Waals surface area contributed by atoms with E-state index >= 15 is 0 Å². The van der Waals surface area contributed by atoms with E-state index in [2.05, 4.69) is 43.0 Å². The molecule has 0 spiro atoms. The van der Waals surface area contributed by atoms with Crippen molar-refractivity contribution in [3.05, 3.63) is 35.4 Å². The third-order valence-electron chi connectivity index (χ3n) is 3.24. The summed E-state index contributed by atoms with van der Waals surface area (Å²) in [5.74, 6) is 0. The van der Waals surface area contributed by atoms with Crippen molar-refractivity contribution in [2.75, 3.05) is 19.7 Å². The van der Waals surface area contributed by atoms with E-state index < -0.39 is 0 Å². The molecule has 1 fully saturated rings. The molecule has 1 heterocycles. The fraction of sp³-hybridized carbons (Fsp3) is 0.571. The Morgan fingerprint density at radius 3 is 2.65 bits per heavy atom. The Morgan fingerprint density at radius 1 is 1.29 bits per heavy atom. The van der Waals surface area contributed by atoms with Crippen LogP contribution in [-0.2, 0) is 17.8 Å². The molecule has 2 N–H and O–H groups in total. The minimum Gasteiger partial charge on any atom is -0.373 e. The first-order valence-electron chi connectivity index (χ1n) is 6.24. The molecule has 0 radical (unpaired) electrons. The van der Waals surface area contributed by atoms with E-state index in [9.17, 15) is 0 Å². The van der Waals surface area contributed by atoms with Crippen LogP contribution < -0.4 is 5.73 Å². The fourth-order valence-electron chi connectivity index (χ4n) is 2.40. The number of nitrogens with two attached hydrogens (primary N) is 1. The largest absolute Gasteiger partial charge is 0.373 e. The third kappa shape index (κ3) is 3.28. The first-order valence-corrected chi connectivity index (χ1v) is 6.24. The summed E-state index contributed by atoms with van der Waals surface area (Å²) in [6.07, 6.45) is 0. The van der Waals surface area contributed by atoms with Gasteiger partial charge < -0.3 is 10.5 Å². The van der Waals surface area contributed by atoms with E-state index in [-0.39, 0.29) is 5.60 Å². The molecule has 1 aromatic carbocycles. The third-order valence-corrected chi connectivity index (χ3v) is 3.24. The highest BCUT2D eigenvalue weighted by molar-refractivity contribution is 5.26. The molecule has 2 rings (SSSR count). The molecule has 3 heteroatoms. The Balaban J connectivity index is 2.05. The average molecular weight is 234 g/mol. The van der Waals surface area contributed by atoms with Crippen molar-refractivity contribution < 1.29 is 4.74 Å². The van der Waals surface area contributed by atoms with Crippen molar-refractivity contribution in [1.82, 2.24) is 4.90 Å². The number of hydrogen-bond acceptors (Lipinski definition) is 3. The number of benzene rings is 1. The minimum atomic E-state index is -0.0318. The zero-order valence-electron chi connectivity index (χ0n) is 10.8. The smallest absolute Gasteiger partial charge is 0.0753 e. The maximum Gasteiger partial charge on any atom is 0.0753 e. The van der Waals surface area contributed by atoms with E-state index in [1.54, 1.807) is 0 Å². The number of morpholine rings is 1. The summed E-state index contributed by atoms with van der Waals surface area (Å²) in [4.78, 5) is 2.44. The fourth-order valence-corrected chi connectivity index (χ4v) is 2.40. The molecule has 3 nitrogen and oxygen atoms in total. The summed E-state index contributed by atoms with van der Waals surface area (Å²) in [7, 11) is 0. The highest BCUT2D eigenvalue weighted by Gasteiger charge is 2.27. The van der Waals surface area contributed by atoms with Crippen molar-refractivity contribution in [1.29, 1.82) is 0 Å². The van der Waals surface area contributed by atoms with Crippen LogP contribution in [0.2, 0.25) is 0 Å². The number of ether oxygens (including phenoxy) is 1. The molecule has 1 saturated heterocycles. The van der Waals surface area contributed by atoms with Crippen molar-refractivity contribution in [2.24, 2.45) is 5.73 Å². The van der Waals surface area contributed by atoms with Gasteiger partial charge in [-0.3, -0.25) is 4.90 Å². The van der Waals surface area contributed by atoms with E-state index in [1.165, 1.54) is 11.1 Å². The van der Waals surface area contributed by atoms with Crippen LogP contribution in [0.25, 0.3) is 0 Å². The second-order valence-corrected chi connectivity index (χ2v) is 5.29. The standard InChI is InChI=1S/C14H22N2O/c1-14(2)11-16(7-8-17-14)10-13-6-4-3-5-12(13)9-15/h3-6H,7-11,15H2,1-2H3. The first-order chi connectivity index (χ1) is 8.11. The molecule has 0 amide bonds. The lowest BCUT2D eigenvalue weighted by molar-refractivity contribution is -0.0883. The molecule has 0 atom stereocenters. The quantitative estimate of drug-likeness (QED) is 0.866. The average Bonchev–Trinajstić information content (AvgIpc) is 2.28. The molecule has 0 bridgehead atoms. The lowest BCUT2D eigenvalue weighted by atomic mass is 10.0. The van der Waals surface area contributed by atoms with Crippen LogP contribution in [0.1, 0.15) is 25.0 Å². The summed E-state index contributed by atoms with van der Waals surface area (Å²) in [5, 5.41) is 0. The van der Waals surface area contributed by atoms with Gasteiger partial charge in [-0.15, -0.1) is 0 Å². The molecular formula is C14H22N2O. The summed E-state index contributed by atoms with van der Waals surface area (Å²) in [6.45, 7) is 8.68. The SMILES string of the molecule is CC1(C)CN(Cc2ccccc2CN)CCO1. The maximum absolute atomic E-state index is 5.77. The van der Waals surface area contributed by atoms with Gasteiger partial charge in [0.1, 0.15) is 0 Å². The Hall–Kier alpha value is -0.900. The van der Waals surface area contributed by atoms with E-state index in [4.69, 9.17) is 10.5 Å². The Labute approximate surface area is 104 Å².